The van der Waals surface area contributed by atoms with E-state index in [9.17, 15) is 4.39 Å². The SMILES string of the molecule is CC(C)OC1c2cc(NCc3ccc(F)cc3)ccc2OC(C)(C)C1OCc1ccc2ccccc2c1. The lowest BCUT2D eigenvalue weighted by atomic mass is 9.87. The fourth-order valence-corrected chi connectivity index (χ4v) is 4.89. The van der Waals surface area contributed by atoms with Crippen LogP contribution in [0, 0.1) is 5.82 Å². The molecule has 0 aliphatic carbocycles. The third kappa shape index (κ3) is 5.79. The Balaban J connectivity index is 1.39. The fourth-order valence-electron chi connectivity index (χ4n) is 4.89. The van der Waals surface area contributed by atoms with Crippen LogP contribution in [0.25, 0.3) is 10.8 Å². The minimum Gasteiger partial charge on any atom is -0.485 e. The molecule has 37 heavy (non-hydrogen) atoms. The van der Waals surface area contributed by atoms with Gasteiger partial charge < -0.3 is 19.5 Å². The molecule has 4 aromatic carbocycles. The minimum atomic E-state index is -0.591. The number of halogens is 1. The molecule has 0 saturated carbocycles. The molecule has 0 radical (unpaired) electrons. The van der Waals surface area contributed by atoms with Gasteiger partial charge in [0, 0.05) is 17.8 Å². The molecule has 4 aromatic rings. The predicted molar refractivity (Wildman–Crippen MR) is 146 cm³/mol. The van der Waals surface area contributed by atoms with E-state index >= 15 is 0 Å². The standard InChI is InChI=1S/C32H34FNO3/c1-21(2)36-30-28-18-27(34-19-22-10-13-26(33)14-11-22)15-16-29(28)37-32(3,4)31(30)35-20-23-9-12-24-7-5-6-8-25(24)17-23/h5-18,21,30-31,34H,19-20H2,1-4H3. The molecule has 5 rings (SSSR count). The van der Waals surface area contributed by atoms with Crippen LogP contribution in [-0.2, 0) is 22.6 Å². The highest BCUT2D eigenvalue weighted by atomic mass is 19.1. The molecule has 4 nitrogen and oxygen atoms in total. The molecular formula is C32H34FNO3. The summed E-state index contributed by atoms with van der Waals surface area (Å²) in [6.07, 6.45) is -0.609. The Morgan fingerprint density at radius 2 is 1.62 bits per heavy atom. The first-order valence-corrected chi connectivity index (χ1v) is 12.8. The van der Waals surface area contributed by atoms with Gasteiger partial charge in [-0.15, -0.1) is 0 Å². The third-order valence-corrected chi connectivity index (χ3v) is 6.72. The number of ether oxygens (including phenoxy) is 3. The maximum absolute atomic E-state index is 13.3. The quantitative estimate of drug-likeness (QED) is 0.268. The van der Waals surface area contributed by atoms with E-state index < -0.39 is 5.60 Å². The van der Waals surface area contributed by atoms with Crippen molar-refractivity contribution >= 4 is 16.5 Å². The van der Waals surface area contributed by atoms with E-state index in [1.807, 2.05) is 26.0 Å². The van der Waals surface area contributed by atoms with E-state index in [2.05, 4.69) is 67.7 Å². The summed E-state index contributed by atoms with van der Waals surface area (Å²) < 4.78 is 32.8. The maximum atomic E-state index is 13.3. The number of fused-ring (bicyclic) bond motifs is 2. The zero-order chi connectivity index (χ0) is 26.0. The van der Waals surface area contributed by atoms with Gasteiger partial charge in [0.2, 0.25) is 0 Å². The van der Waals surface area contributed by atoms with Crippen molar-refractivity contribution in [2.24, 2.45) is 0 Å². The molecule has 192 valence electrons. The smallest absolute Gasteiger partial charge is 0.132 e. The summed E-state index contributed by atoms with van der Waals surface area (Å²) in [7, 11) is 0. The monoisotopic (exact) mass is 499 g/mol. The van der Waals surface area contributed by atoms with Gasteiger partial charge in [-0.2, -0.15) is 0 Å². The average molecular weight is 500 g/mol. The number of nitrogens with one attached hydrogen (secondary N) is 1. The van der Waals surface area contributed by atoms with Gasteiger partial charge in [0.15, 0.2) is 0 Å². The summed E-state index contributed by atoms with van der Waals surface area (Å²) in [4.78, 5) is 0. The van der Waals surface area contributed by atoms with Gasteiger partial charge in [0.25, 0.3) is 0 Å². The Labute approximate surface area is 218 Å². The lowest BCUT2D eigenvalue weighted by molar-refractivity contribution is -0.177. The van der Waals surface area contributed by atoms with Gasteiger partial charge in [-0.3, -0.25) is 0 Å². The van der Waals surface area contributed by atoms with Crippen LogP contribution in [0.3, 0.4) is 0 Å². The Morgan fingerprint density at radius 1 is 0.892 bits per heavy atom. The van der Waals surface area contributed by atoms with Gasteiger partial charge in [0.1, 0.15) is 29.4 Å². The van der Waals surface area contributed by atoms with Crippen molar-refractivity contribution in [2.75, 3.05) is 5.32 Å². The molecule has 1 N–H and O–H groups in total. The Hall–Kier alpha value is -3.41. The van der Waals surface area contributed by atoms with Crippen molar-refractivity contribution in [2.45, 2.75) is 64.8 Å². The molecule has 5 heteroatoms. The second-order valence-corrected chi connectivity index (χ2v) is 10.5. The number of anilines is 1. The molecule has 2 atom stereocenters. The molecule has 2 unspecified atom stereocenters. The highest BCUT2D eigenvalue weighted by Gasteiger charge is 2.46. The maximum Gasteiger partial charge on any atom is 0.132 e. The van der Waals surface area contributed by atoms with Crippen LogP contribution >= 0.6 is 0 Å². The summed E-state index contributed by atoms with van der Waals surface area (Å²) in [6.45, 7) is 9.23. The van der Waals surface area contributed by atoms with Crippen molar-refractivity contribution in [3.05, 3.63) is 107 Å². The van der Waals surface area contributed by atoms with E-state index in [4.69, 9.17) is 14.2 Å². The molecule has 0 aromatic heterocycles. The van der Waals surface area contributed by atoms with Crippen molar-refractivity contribution in [1.82, 2.24) is 0 Å². The van der Waals surface area contributed by atoms with Gasteiger partial charge in [0.05, 0.1) is 12.7 Å². The van der Waals surface area contributed by atoms with Crippen molar-refractivity contribution < 1.29 is 18.6 Å². The van der Waals surface area contributed by atoms with Crippen LogP contribution in [0.4, 0.5) is 10.1 Å². The molecule has 0 fully saturated rings. The van der Waals surface area contributed by atoms with Gasteiger partial charge >= 0.3 is 0 Å². The number of hydrogen-bond donors (Lipinski definition) is 1. The highest BCUT2D eigenvalue weighted by Crippen LogP contribution is 2.45. The van der Waals surface area contributed by atoms with Crippen LogP contribution in [0.2, 0.25) is 0 Å². The molecular weight excluding hydrogens is 465 g/mol. The van der Waals surface area contributed by atoms with E-state index in [-0.39, 0.29) is 24.1 Å². The second-order valence-electron chi connectivity index (χ2n) is 10.5. The summed E-state index contributed by atoms with van der Waals surface area (Å²) in [5.41, 5.74) is 3.42. The zero-order valence-corrected chi connectivity index (χ0v) is 21.8. The molecule has 1 heterocycles. The fraction of sp³-hybridized carbons (Fsp3) is 0.312. The van der Waals surface area contributed by atoms with Crippen molar-refractivity contribution in [3.8, 4) is 5.75 Å². The van der Waals surface area contributed by atoms with E-state index in [0.717, 1.165) is 28.1 Å². The number of benzene rings is 4. The molecule has 1 aliphatic heterocycles. The summed E-state index contributed by atoms with van der Waals surface area (Å²) in [5, 5.41) is 5.85. The zero-order valence-electron chi connectivity index (χ0n) is 21.8. The molecule has 0 bridgehead atoms. The lowest BCUT2D eigenvalue weighted by Crippen LogP contribution is -2.51. The van der Waals surface area contributed by atoms with E-state index in [1.165, 1.54) is 22.9 Å². The lowest BCUT2D eigenvalue weighted by Gasteiger charge is -2.45. The molecule has 0 saturated heterocycles. The van der Waals surface area contributed by atoms with Crippen LogP contribution in [-0.4, -0.2) is 17.8 Å². The van der Waals surface area contributed by atoms with E-state index in [1.54, 1.807) is 12.1 Å². The second kappa shape index (κ2) is 10.5. The minimum absolute atomic E-state index is 0.00866. The predicted octanol–water partition coefficient (Wildman–Crippen LogP) is 7.81. The number of rotatable bonds is 8. The molecule has 1 aliphatic rings. The number of hydrogen-bond acceptors (Lipinski definition) is 4. The van der Waals surface area contributed by atoms with Crippen LogP contribution < -0.4 is 10.1 Å². The van der Waals surface area contributed by atoms with Crippen LogP contribution in [0.5, 0.6) is 5.75 Å². The Morgan fingerprint density at radius 3 is 2.38 bits per heavy atom. The highest BCUT2D eigenvalue weighted by molar-refractivity contribution is 5.82. The summed E-state index contributed by atoms with van der Waals surface area (Å²) in [6, 6.07) is 27.3. The van der Waals surface area contributed by atoms with Crippen LogP contribution in [0.1, 0.15) is 50.5 Å². The molecule has 0 amide bonds. The Bertz CT molecular complexity index is 1370. The van der Waals surface area contributed by atoms with Crippen molar-refractivity contribution in [3.63, 3.8) is 0 Å². The largest absolute Gasteiger partial charge is 0.485 e. The summed E-state index contributed by atoms with van der Waals surface area (Å²) in [5.74, 6) is 0.564. The average Bonchev–Trinajstić information content (AvgIpc) is 2.87. The van der Waals surface area contributed by atoms with Gasteiger partial charge in [-0.05, 0) is 86.0 Å². The first kappa shape index (κ1) is 25.2. The third-order valence-electron chi connectivity index (χ3n) is 6.72. The van der Waals surface area contributed by atoms with E-state index in [0.29, 0.717) is 13.2 Å². The van der Waals surface area contributed by atoms with Crippen LogP contribution in [0.15, 0.2) is 84.9 Å². The normalized spacial score (nSPS) is 18.4. The Kier molecular flexibility index (Phi) is 7.18. The van der Waals surface area contributed by atoms with Crippen molar-refractivity contribution in [1.29, 1.82) is 0 Å². The van der Waals surface area contributed by atoms with Gasteiger partial charge in [-0.25, -0.2) is 4.39 Å². The topological polar surface area (TPSA) is 39.7 Å². The first-order chi connectivity index (χ1) is 17.8. The molecule has 0 spiro atoms. The summed E-state index contributed by atoms with van der Waals surface area (Å²) >= 11 is 0. The van der Waals surface area contributed by atoms with Gasteiger partial charge in [-0.1, -0.05) is 48.5 Å². The first-order valence-electron chi connectivity index (χ1n) is 12.8.